The van der Waals surface area contributed by atoms with E-state index in [9.17, 15) is 14.4 Å². The van der Waals surface area contributed by atoms with E-state index in [0.717, 1.165) is 12.0 Å². The molecule has 2 aromatic rings. The lowest BCUT2D eigenvalue weighted by Crippen LogP contribution is -2.31. The van der Waals surface area contributed by atoms with Crippen molar-refractivity contribution in [1.29, 1.82) is 0 Å². The highest BCUT2D eigenvalue weighted by atomic mass is 16.5. The second-order valence-electron chi connectivity index (χ2n) is 6.99. The molecule has 3 rings (SSSR count). The first kappa shape index (κ1) is 22.0. The molecule has 0 aliphatic carbocycles. The van der Waals surface area contributed by atoms with Crippen LogP contribution in [0.15, 0.2) is 65.9 Å². The van der Waals surface area contributed by atoms with Gasteiger partial charge in [-0.25, -0.2) is 4.79 Å². The van der Waals surface area contributed by atoms with Gasteiger partial charge in [0.25, 0.3) is 11.8 Å². The largest absolute Gasteiger partial charge is 0.466 e. The summed E-state index contributed by atoms with van der Waals surface area (Å²) in [7, 11) is 1.24. The summed E-state index contributed by atoms with van der Waals surface area (Å²) in [6, 6.07) is 16.5. The van der Waals surface area contributed by atoms with Gasteiger partial charge in [-0.05, 0) is 30.2 Å². The molecule has 0 bridgehead atoms. The van der Waals surface area contributed by atoms with Crippen molar-refractivity contribution in [2.24, 2.45) is 0 Å². The van der Waals surface area contributed by atoms with Crippen LogP contribution in [0.4, 0.5) is 5.69 Å². The number of hydrogen-bond acceptors (Lipinski definition) is 6. The molecule has 2 amide bonds. The standard InChI is InChI=1S/C23H25N3O5/c1-31-23(30)19-15-26(12-13-27)22(29)20(19)25-18-9-5-8-17(14-18)21(28)24-11-10-16-6-3-2-4-7-16/h2-9,14,25,27H,10-13,15H2,1H3,(H,24,28). The van der Waals surface area contributed by atoms with Crippen molar-refractivity contribution in [2.75, 3.05) is 38.7 Å². The summed E-state index contributed by atoms with van der Waals surface area (Å²) in [4.78, 5) is 38.6. The van der Waals surface area contributed by atoms with E-state index in [1.807, 2.05) is 30.3 Å². The average Bonchev–Trinajstić information content (AvgIpc) is 3.09. The molecule has 0 saturated heterocycles. The molecule has 31 heavy (non-hydrogen) atoms. The summed E-state index contributed by atoms with van der Waals surface area (Å²) >= 11 is 0. The van der Waals surface area contributed by atoms with Crippen molar-refractivity contribution < 1.29 is 24.2 Å². The number of aliphatic hydroxyl groups excluding tert-OH is 1. The number of amides is 2. The minimum atomic E-state index is -0.619. The molecule has 2 aromatic carbocycles. The maximum absolute atomic E-state index is 12.6. The van der Waals surface area contributed by atoms with E-state index in [0.29, 0.717) is 17.8 Å². The molecule has 8 heteroatoms. The van der Waals surface area contributed by atoms with E-state index >= 15 is 0 Å². The fourth-order valence-corrected chi connectivity index (χ4v) is 3.30. The lowest BCUT2D eigenvalue weighted by atomic mass is 10.1. The number of benzene rings is 2. The molecule has 0 spiro atoms. The van der Waals surface area contributed by atoms with E-state index in [1.165, 1.54) is 12.0 Å². The number of methoxy groups -OCH3 is 1. The Morgan fingerprint density at radius 2 is 1.90 bits per heavy atom. The highest BCUT2D eigenvalue weighted by molar-refractivity contribution is 6.08. The van der Waals surface area contributed by atoms with E-state index in [1.54, 1.807) is 24.3 Å². The fraction of sp³-hybridized carbons (Fsp3) is 0.261. The van der Waals surface area contributed by atoms with Crippen molar-refractivity contribution in [3.05, 3.63) is 77.0 Å². The maximum atomic E-state index is 12.6. The summed E-state index contributed by atoms with van der Waals surface area (Å²) in [5.74, 6) is -1.26. The van der Waals surface area contributed by atoms with Crippen LogP contribution in [0.1, 0.15) is 15.9 Å². The normalized spacial score (nSPS) is 13.4. The Labute approximate surface area is 180 Å². The zero-order valence-electron chi connectivity index (χ0n) is 17.3. The van der Waals surface area contributed by atoms with Crippen molar-refractivity contribution in [1.82, 2.24) is 10.2 Å². The Morgan fingerprint density at radius 3 is 2.61 bits per heavy atom. The Bertz CT molecular complexity index is 988. The molecule has 3 N–H and O–H groups in total. The molecule has 162 valence electrons. The second-order valence-corrected chi connectivity index (χ2v) is 6.99. The van der Waals surface area contributed by atoms with E-state index < -0.39 is 11.9 Å². The highest BCUT2D eigenvalue weighted by Gasteiger charge is 2.34. The molecule has 0 unspecified atom stereocenters. The molecular weight excluding hydrogens is 398 g/mol. The van der Waals surface area contributed by atoms with Crippen molar-refractivity contribution in [2.45, 2.75) is 6.42 Å². The van der Waals surface area contributed by atoms with E-state index in [-0.39, 0.29) is 36.9 Å². The van der Waals surface area contributed by atoms with Crippen molar-refractivity contribution in [3.63, 3.8) is 0 Å². The number of hydrogen-bond donors (Lipinski definition) is 3. The number of nitrogens with zero attached hydrogens (tertiary/aromatic N) is 1. The number of carbonyl (C=O) groups is 3. The Morgan fingerprint density at radius 1 is 1.13 bits per heavy atom. The third kappa shape index (κ3) is 5.49. The molecule has 1 aliphatic rings. The Balaban J connectivity index is 1.69. The number of aliphatic hydroxyl groups is 1. The topological polar surface area (TPSA) is 108 Å². The molecule has 0 atom stereocenters. The van der Waals surface area contributed by atoms with Gasteiger partial charge in [-0.2, -0.15) is 0 Å². The number of rotatable bonds is 9. The Hall–Kier alpha value is -3.65. The highest BCUT2D eigenvalue weighted by Crippen LogP contribution is 2.23. The van der Waals surface area contributed by atoms with Gasteiger partial charge in [0.05, 0.1) is 25.8 Å². The van der Waals surface area contributed by atoms with Gasteiger partial charge < -0.3 is 25.4 Å². The smallest absolute Gasteiger partial charge is 0.337 e. The van der Waals surface area contributed by atoms with E-state index in [2.05, 4.69) is 10.6 Å². The van der Waals surface area contributed by atoms with Crippen LogP contribution in [0, 0.1) is 0 Å². The molecule has 0 saturated carbocycles. The molecule has 0 radical (unpaired) electrons. The number of β-amino-alcohol motifs (C(OH)–C–C–N with tert-alkyl or cyclic N) is 1. The number of nitrogens with one attached hydrogen (secondary N) is 2. The van der Waals surface area contributed by atoms with Crippen LogP contribution in [0.3, 0.4) is 0 Å². The quantitative estimate of drug-likeness (QED) is 0.525. The monoisotopic (exact) mass is 423 g/mol. The predicted molar refractivity (Wildman–Crippen MR) is 115 cm³/mol. The molecule has 8 nitrogen and oxygen atoms in total. The van der Waals surface area contributed by atoms with Crippen LogP contribution in [-0.4, -0.2) is 61.1 Å². The molecule has 1 aliphatic heterocycles. The first-order valence-corrected chi connectivity index (χ1v) is 9.94. The minimum Gasteiger partial charge on any atom is -0.466 e. The predicted octanol–water partition coefficient (Wildman–Crippen LogP) is 1.33. The summed E-state index contributed by atoms with van der Waals surface area (Å²) < 4.78 is 4.78. The second kappa shape index (κ2) is 10.4. The molecule has 0 aromatic heterocycles. The van der Waals surface area contributed by atoms with Gasteiger partial charge in [-0.3, -0.25) is 9.59 Å². The number of carbonyl (C=O) groups excluding carboxylic acids is 3. The molecule has 0 fully saturated rings. The maximum Gasteiger partial charge on any atom is 0.337 e. The summed E-state index contributed by atoms with van der Waals surface area (Å²) in [5, 5.41) is 15.0. The van der Waals surface area contributed by atoms with Crippen LogP contribution in [0.2, 0.25) is 0 Å². The minimum absolute atomic E-state index is 0.0497. The number of anilines is 1. The lowest BCUT2D eigenvalue weighted by Gasteiger charge is -2.15. The van der Waals surface area contributed by atoms with Crippen LogP contribution in [0.25, 0.3) is 0 Å². The van der Waals surface area contributed by atoms with Gasteiger partial charge in [0, 0.05) is 24.3 Å². The third-order valence-corrected chi connectivity index (χ3v) is 4.89. The number of esters is 1. The lowest BCUT2D eigenvalue weighted by molar-refractivity contribution is -0.136. The van der Waals surface area contributed by atoms with Crippen molar-refractivity contribution in [3.8, 4) is 0 Å². The van der Waals surface area contributed by atoms with Gasteiger partial charge >= 0.3 is 5.97 Å². The molecular formula is C23H25N3O5. The first-order chi connectivity index (χ1) is 15.0. The van der Waals surface area contributed by atoms with Gasteiger partial charge in [0.2, 0.25) is 0 Å². The fourth-order valence-electron chi connectivity index (χ4n) is 3.30. The van der Waals surface area contributed by atoms with Gasteiger partial charge in [-0.15, -0.1) is 0 Å². The van der Waals surface area contributed by atoms with Gasteiger partial charge in [0.15, 0.2) is 0 Å². The van der Waals surface area contributed by atoms with Gasteiger partial charge in [-0.1, -0.05) is 36.4 Å². The van der Waals surface area contributed by atoms with Crippen LogP contribution >= 0.6 is 0 Å². The zero-order chi connectivity index (χ0) is 22.2. The average molecular weight is 423 g/mol. The van der Waals surface area contributed by atoms with Crippen molar-refractivity contribution >= 4 is 23.5 Å². The van der Waals surface area contributed by atoms with Crippen LogP contribution in [0.5, 0.6) is 0 Å². The summed E-state index contributed by atoms with van der Waals surface area (Å²) in [6.45, 7) is 0.432. The zero-order valence-corrected chi connectivity index (χ0v) is 17.3. The third-order valence-electron chi connectivity index (χ3n) is 4.89. The Kier molecular flexibility index (Phi) is 7.40. The summed E-state index contributed by atoms with van der Waals surface area (Å²) in [5.41, 5.74) is 2.32. The van der Waals surface area contributed by atoms with Crippen LogP contribution in [-0.2, 0) is 20.7 Å². The SMILES string of the molecule is COC(=O)C1=C(Nc2cccc(C(=O)NCCc3ccccc3)c2)C(=O)N(CCO)C1. The van der Waals surface area contributed by atoms with E-state index in [4.69, 9.17) is 9.84 Å². The summed E-state index contributed by atoms with van der Waals surface area (Å²) in [6.07, 6.45) is 0.717. The van der Waals surface area contributed by atoms with Gasteiger partial charge in [0.1, 0.15) is 5.70 Å². The first-order valence-electron chi connectivity index (χ1n) is 9.94. The molecule has 1 heterocycles. The van der Waals surface area contributed by atoms with Crippen LogP contribution < -0.4 is 10.6 Å². The number of ether oxygens (including phenoxy) is 1.